The lowest BCUT2D eigenvalue weighted by Crippen LogP contribution is -2.39. The molecule has 4 aromatic carbocycles. The Labute approximate surface area is 858 Å². The van der Waals surface area contributed by atoms with Gasteiger partial charge in [0.2, 0.25) is 5.91 Å². The second-order valence-electron chi connectivity index (χ2n) is 31.8. The molecule has 12 rings (SSSR count). The highest BCUT2D eigenvalue weighted by Crippen LogP contribution is 2.51. The number of rotatable bonds is 34. The summed E-state index contributed by atoms with van der Waals surface area (Å²) in [6.45, 7) is 23.3. The molecule has 0 bridgehead atoms. The Hall–Kier alpha value is -7.83. The largest absolute Gasteiger partial charge is 0.481 e. The molecule has 0 spiro atoms. The number of ketones is 1. The van der Waals surface area contributed by atoms with E-state index >= 15 is 0 Å². The van der Waals surface area contributed by atoms with Crippen LogP contribution in [0.3, 0.4) is 0 Å². The number of hydroxylamine groups is 5. The Kier molecular flexibility index (Phi) is 67.3. The van der Waals surface area contributed by atoms with E-state index in [1.807, 2.05) is 22.6 Å². The monoisotopic (exact) mass is 2330 g/mol. The van der Waals surface area contributed by atoms with Crippen molar-refractivity contribution in [3.63, 3.8) is 0 Å². The lowest BCUT2D eigenvalue weighted by Gasteiger charge is -2.28. The van der Waals surface area contributed by atoms with Crippen LogP contribution in [0.25, 0.3) is 0 Å². The van der Waals surface area contributed by atoms with Crippen molar-refractivity contribution in [2.45, 2.75) is 206 Å². The number of carboxylic acids is 1. The number of carbonyl (C=O) groups is 7. The van der Waals surface area contributed by atoms with Crippen molar-refractivity contribution < 1.29 is 144 Å². The minimum Gasteiger partial charge on any atom is -0.481 e. The van der Waals surface area contributed by atoms with Gasteiger partial charge in [0, 0.05) is 136 Å². The maximum absolute atomic E-state index is 14.0. The van der Waals surface area contributed by atoms with Crippen molar-refractivity contribution in [3.05, 3.63) is 210 Å². The number of amides is 1. The fraction of sp³-hybridized carbons (Fsp3) is 0.526. The number of aldehydes is 1. The molecule has 8 aliphatic rings. The Morgan fingerprint density at radius 1 is 0.561 bits per heavy atom. The summed E-state index contributed by atoms with van der Waals surface area (Å²) in [4.78, 5) is 98.4. The third kappa shape index (κ3) is 47.5. The molecule has 139 heavy (non-hydrogen) atoms. The van der Waals surface area contributed by atoms with Crippen molar-refractivity contribution in [1.29, 1.82) is 5.26 Å². The van der Waals surface area contributed by atoms with Crippen LogP contribution in [0.1, 0.15) is 152 Å². The second kappa shape index (κ2) is 72.4. The molecule has 4 heterocycles. The number of carbonyl (C=O) groups excluding carboxylic acids is 6. The average molecular weight is 2340 g/mol. The molecule has 3 saturated heterocycles. The molecule has 0 radical (unpaired) electrons. The summed E-state index contributed by atoms with van der Waals surface area (Å²) in [5.74, 6) is -2.48. The number of nitrogens with zero attached hydrogens (tertiary/aromatic N) is 4. The molecular weight excluding hydrogens is 2200 g/mol. The summed E-state index contributed by atoms with van der Waals surface area (Å²) in [5.41, 5.74) is 9.98. The molecule has 42 heteroatoms. The van der Waals surface area contributed by atoms with Crippen molar-refractivity contribution >= 4 is 140 Å². The van der Waals surface area contributed by atoms with Gasteiger partial charge in [-0.15, -0.1) is 44.6 Å². The van der Waals surface area contributed by atoms with E-state index in [4.69, 9.17) is 68.6 Å². The molecule has 7 fully saturated rings. The zero-order valence-electron chi connectivity index (χ0n) is 80.0. The molecule has 4 aliphatic heterocycles. The first-order chi connectivity index (χ1) is 66.2. The number of aliphatic carboxylic acids is 1. The van der Waals surface area contributed by atoms with E-state index in [-0.39, 0.29) is 109 Å². The predicted octanol–water partition coefficient (Wildman–Crippen LogP) is 16.1. The highest BCUT2D eigenvalue weighted by molar-refractivity contribution is 14.1. The van der Waals surface area contributed by atoms with Gasteiger partial charge >= 0.3 is 23.9 Å². The SMILES string of the molecule is C=CCC(=O)CC(=O)OC.C=CCC(C/C=N/O)OC.C=CCC(CC(=O)N(C)OC)OC.C=CCC(CC(=O)O)OC.C=CCC(CC=O)OC.C=CCC(O)CC(=O)OC.COC(=O)CC#N.COC1CC2=NOCC2C1.Fc1ccc(Br)cc1I.OC1C[C@H]2CON[C@@]2(c2cc(Br)ccc2F)C1.O[C@H]1C[C@H]2CON[C@@]2(c2cc(Br)ccc2F)C1.O[C@H]1C[C@H]2CON[C@@]2(c2cc(Br)ccc2F)C1. The van der Waals surface area contributed by atoms with Gasteiger partial charge in [-0.3, -0.25) is 33.6 Å². The number of aliphatic hydroxyl groups excluding tert-OH is 4. The number of allylic oxidation sites excluding steroid dienone is 1. The smallest absolute Gasteiger partial charge is 0.319 e. The normalized spacial score (nSPS) is 22.2. The number of methoxy groups -OCH3 is 8. The van der Waals surface area contributed by atoms with Crippen molar-refractivity contribution in [2.75, 3.05) is 97.5 Å². The molecule has 4 aliphatic carbocycles. The summed E-state index contributed by atoms with van der Waals surface area (Å²) in [6, 6.07) is 21.1. The second-order valence-corrected chi connectivity index (χ2v) is 36.6. The van der Waals surface area contributed by atoms with Crippen LogP contribution in [0.4, 0.5) is 17.6 Å². The van der Waals surface area contributed by atoms with E-state index in [1.165, 1.54) is 82.9 Å². The quantitative estimate of drug-likeness (QED) is 0.00179. The third-order valence-electron chi connectivity index (χ3n) is 22.2. The van der Waals surface area contributed by atoms with Crippen LogP contribution in [-0.4, -0.2) is 242 Å². The van der Waals surface area contributed by atoms with Crippen molar-refractivity contribution in [3.8, 4) is 6.07 Å². The lowest BCUT2D eigenvalue weighted by atomic mass is 9.82. The van der Waals surface area contributed by atoms with Gasteiger partial charge < -0.3 is 92.8 Å². The Morgan fingerprint density at radius 2 is 0.957 bits per heavy atom. The van der Waals surface area contributed by atoms with Crippen LogP contribution in [0, 0.1) is 61.8 Å². The van der Waals surface area contributed by atoms with E-state index in [0.717, 1.165) is 56.5 Å². The number of Topliss-reactive ketones (excluding diaryl/α,β-unsaturated/α-hetero) is 1. The fourth-order valence-corrected chi connectivity index (χ4v) is 17.3. The summed E-state index contributed by atoms with van der Waals surface area (Å²) in [7, 11) is 14.9. The van der Waals surface area contributed by atoms with Crippen LogP contribution >= 0.6 is 86.3 Å². The molecule has 33 nitrogen and oxygen atoms in total. The summed E-state index contributed by atoms with van der Waals surface area (Å²) >= 11 is 15.2. The van der Waals surface area contributed by atoms with Gasteiger partial charge in [-0.25, -0.2) is 22.6 Å². The molecule has 9 N–H and O–H groups in total. The number of esters is 3. The van der Waals surface area contributed by atoms with Gasteiger partial charge in [-0.2, -0.15) is 21.7 Å². The van der Waals surface area contributed by atoms with Gasteiger partial charge in [0.1, 0.15) is 54.8 Å². The van der Waals surface area contributed by atoms with Gasteiger partial charge in [0.25, 0.3) is 0 Å². The van der Waals surface area contributed by atoms with Gasteiger partial charge in [0.05, 0.1) is 151 Å². The number of aliphatic hydroxyl groups is 4. The minimum absolute atomic E-state index is 0.0278. The van der Waals surface area contributed by atoms with Crippen molar-refractivity contribution in [2.24, 2.45) is 34.0 Å². The first-order valence-electron chi connectivity index (χ1n) is 43.8. The maximum Gasteiger partial charge on any atom is 0.319 e. The Bertz CT molecular complexity index is 4330. The average Bonchev–Trinajstić information content (AvgIpc) is 1.60. The minimum atomic E-state index is -0.839. The van der Waals surface area contributed by atoms with E-state index in [9.17, 15) is 66.4 Å². The molecular formula is C97H134Br4F4IN7O26. The Morgan fingerprint density at radius 3 is 1.29 bits per heavy atom. The molecule has 8 unspecified atom stereocenters. The number of hydrogen-bond donors (Lipinski definition) is 9. The highest BCUT2D eigenvalue weighted by atomic mass is 127. The first kappa shape index (κ1) is 129. The summed E-state index contributed by atoms with van der Waals surface area (Å²) in [6.07, 6.45) is 20.7. The van der Waals surface area contributed by atoms with Gasteiger partial charge in [-0.1, -0.05) is 105 Å². The van der Waals surface area contributed by atoms with Crippen LogP contribution in [0.5, 0.6) is 0 Å². The summed E-state index contributed by atoms with van der Waals surface area (Å²) < 4.78 is 96.3. The van der Waals surface area contributed by atoms with E-state index in [0.29, 0.717) is 129 Å². The molecule has 0 aromatic heterocycles. The molecule has 4 saturated carbocycles. The zero-order chi connectivity index (χ0) is 105. The molecule has 4 aromatic rings. The van der Waals surface area contributed by atoms with E-state index in [2.05, 4.69) is 144 Å². The van der Waals surface area contributed by atoms with Crippen LogP contribution < -0.4 is 16.4 Å². The molecule has 776 valence electrons. The van der Waals surface area contributed by atoms with Gasteiger partial charge in [0.15, 0.2) is 0 Å². The number of nitriles is 1. The third-order valence-corrected chi connectivity index (χ3v) is 25.0. The van der Waals surface area contributed by atoms with Crippen molar-refractivity contribution in [1.82, 2.24) is 21.5 Å². The number of oxime groups is 2. The van der Waals surface area contributed by atoms with Crippen LogP contribution in [-0.2, 0) is 112 Å². The van der Waals surface area contributed by atoms with Crippen LogP contribution in [0.2, 0.25) is 0 Å². The molecule has 16 atom stereocenters. The number of carboxylic acid groups (broad SMARTS) is 1. The van der Waals surface area contributed by atoms with E-state index < -0.39 is 64.9 Å². The predicted molar refractivity (Wildman–Crippen MR) is 535 cm³/mol. The summed E-state index contributed by atoms with van der Waals surface area (Å²) in [5, 5.41) is 70.6. The number of nitrogens with one attached hydrogen (secondary N) is 3. The first-order valence-corrected chi connectivity index (χ1v) is 48.0. The zero-order valence-corrected chi connectivity index (χ0v) is 88.5. The highest BCUT2D eigenvalue weighted by Gasteiger charge is 2.56. The van der Waals surface area contributed by atoms with Crippen LogP contribution in [0.15, 0.2) is 177 Å². The van der Waals surface area contributed by atoms with E-state index in [1.54, 1.807) is 120 Å². The Balaban J connectivity index is 0.000000767. The number of ether oxygens (including phenoxy) is 8. The standard InChI is InChI=1S/3C12H13BrFNO2.C9H17NO3.C7H11NO2.C7H13NO2.2C7H12O3.C7H10O3.C7H12O2.C6H3BrFI.C4H5NO2/c3*13-8-1-2-11(14)10(4-8)12-5-9(16)3-7(12)6-17-15-12;1-5-6-8(12-3)7-9(11)10(2)13-4;1-9-6-2-5-4-10-8-7(5)3-6;1-3-4-7(10-2)5-6-8-9;1-3-4-6(10-2)5-7(8)9;2*1-3-4-6(8)5-7(9)10-2;1-3-4-7(9-2)5-6-8;7-4-1-2-5(8)6(9)3-4;1-7-4(6)2-3-5/h3*1-2,4,7,9,15-16H,3,5-6H2;5,8H,1,6-7H2,2-4H3;5-6H,2-4H2,1H3;3,6-7,9H,1,4-5H2,2H3;3,6H,1,4-5H2,2H3,(H,8,9);3,6,8H,1,4-5H2,2H3;3H,1,4-5H2,2H3;3,6-7H,1,4-5H2,2H3;1-3H;2H2,1H3/b;;;;;8-6+;;;;;;/t7-,9?,12-;2*7-,9-,12-;;;;;;;;;/m000........./s1. The van der Waals surface area contributed by atoms with Gasteiger partial charge in [-0.05, 0) is 172 Å². The lowest BCUT2D eigenvalue weighted by molar-refractivity contribution is -0.171. The number of halogens is 9. The maximum atomic E-state index is 14.0. The number of fused-ring (bicyclic) bond motifs is 4. The fourth-order valence-electron chi connectivity index (χ4n) is 14.9. The number of hydrogen-bond acceptors (Lipinski definition) is 31. The topological polar surface area (TPSA) is 449 Å². The molecule has 1 amide bonds. The number of benzene rings is 4.